The molecular formula is C15H12ClF2NO. The average Bonchev–Trinajstić information content (AvgIpc) is 2.78. The zero-order valence-electron chi connectivity index (χ0n) is 10.5. The maximum Gasteiger partial charge on any atom is 0.150 e. The van der Waals surface area contributed by atoms with Gasteiger partial charge in [0, 0.05) is 6.07 Å². The maximum atomic E-state index is 13.8. The van der Waals surface area contributed by atoms with Crippen LogP contribution in [0.4, 0.5) is 14.5 Å². The van der Waals surface area contributed by atoms with E-state index in [1.807, 2.05) is 6.07 Å². The molecule has 5 heteroatoms. The van der Waals surface area contributed by atoms with Crippen molar-refractivity contribution in [1.29, 1.82) is 0 Å². The summed E-state index contributed by atoms with van der Waals surface area (Å²) in [6.45, 7) is 0. The fraction of sp³-hybridized carbons (Fsp3) is 0.200. The van der Waals surface area contributed by atoms with E-state index in [0.29, 0.717) is 6.42 Å². The molecule has 0 aromatic heterocycles. The summed E-state index contributed by atoms with van der Waals surface area (Å²) >= 11 is 5.88. The summed E-state index contributed by atoms with van der Waals surface area (Å²) in [5.74, 6) is -1.18. The Hall–Kier alpha value is -1.81. The summed E-state index contributed by atoms with van der Waals surface area (Å²) < 4.78 is 26.8. The lowest BCUT2D eigenvalue weighted by molar-refractivity contribution is 0.469. The SMILES string of the molecule is Oc1cccc2c1CCC2Nc1c(F)cc(F)cc1Cl. The number of halogens is 3. The first kappa shape index (κ1) is 13.2. The molecular weight excluding hydrogens is 284 g/mol. The molecule has 0 radical (unpaired) electrons. The van der Waals surface area contributed by atoms with Gasteiger partial charge in [0.2, 0.25) is 0 Å². The second-order valence-electron chi connectivity index (χ2n) is 4.82. The molecule has 2 N–H and O–H groups in total. The molecule has 1 unspecified atom stereocenters. The van der Waals surface area contributed by atoms with Crippen LogP contribution in [0.5, 0.6) is 5.75 Å². The summed E-state index contributed by atoms with van der Waals surface area (Å²) in [4.78, 5) is 0. The minimum absolute atomic E-state index is 0.0103. The van der Waals surface area contributed by atoms with Crippen LogP contribution in [0.15, 0.2) is 30.3 Å². The van der Waals surface area contributed by atoms with Crippen molar-refractivity contribution in [2.45, 2.75) is 18.9 Å². The number of rotatable bonds is 2. The van der Waals surface area contributed by atoms with Gasteiger partial charge in [-0.05, 0) is 36.1 Å². The summed E-state index contributed by atoms with van der Waals surface area (Å²) in [6, 6.07) is 6.99. The molecule has 20 heavy (non-hydrogen) atoms. The highest BCUT2D eigenvalue weighted by Crippen LogP contribution is 2.40. The van der Waals surface area contributed by atoms with Crippen LogP contribution in [0.2, 0.25) is 5.02 Å². The molecule has 0 aliphatic heterocycles. The molecule has 2 nitrogen and oxygen atoms in total. The van der Waals surface area contributed by atoms with Gasteiger partial charge in [-0.3, -0.25) is 0 Å². The number of hydrogen-bond acceptors (Lipinski definition) is 2. The Morgan fingerprint density at radius 1 is 1.25 bits per heavy atom. The second-order valence-corrected chi connectivity index (χ2v) is 5.23. The van der Waals surface area contributed by atoms with E-state index >= 15 is 0 Å². The Bertz CT molecular complexity index is 652. The zero-order valence-corrected chi connectivity index (χ0v) is 11.2. The molecule has 2 aromatic rings. The molecule has 2 aromatic carbocycles. The van der Waals surface area contributed by atoms with Crippen molar-refractivity contribution in [3.63, 3.8) is 0 Å². The van der Waals surface area contributed by atoms with E-state index in [-0.39, 0.29) is 22.5 Å². The largest absolute Gasteiger partial charge is 0.508 e. The van der Waals surface area contributed by atoms with Crippen LogP contribution < -0.4 is 5.32 Å². The normalized spacial score (nSPS) is 17.1. The topological polar surface area (TPSA) is 32.3 Å². The summed E-state index contributed by atoms with van der Waals surface area (Å²) in [7, 11) is 0. The Labute approximate surface area is 120 Å². The lowest BCUT2D eigenvalue weighted by Crippen LogP contribution is -2.09. The number of nitrogens with one attached hydrogen (secondary N) is 1. The molecule has 0 saturated carbocycles. The Balaban J connectivity index is 1.94. The van der Waals surface area contributed by atoms with Crippen LogP contribution in [0, 0.1) is 11.6 Å². The quantitative estimate of drug-likeness (QED) is 0.859. The standard InChI is InChI=1S/C15H12ClF2NO/c16-11-6-8(17)7-12(18)15(11)19-13-5-4-10-9(13)2-1-3-14(10)20/h1-3,6-7,13,19-20H,4-5H2. The van der Waals surface area contributed by atoms with Crippen LogP contribution in [0.1, 0.15) is 23.6 Å². The summed E-state index contributed by atoms with van der Waals surface area (Å²) in [6.07, 6.45) is 1.43. The highest BCUT2D eigenvalue weighted by Gasteiger charge is 2.26. The van der Waals surface area contributed by atoms with Gasteiger partial charge in [-0.15, -0.1) is 0 Å². The van der Waals surface area contributed by atoms with Gasteiger partial charge in [0.25, 0.3) is 0 Å². The first-order valence-electron chi connectivity index (χ1n) is 6.28. The number of fused-ring (bicyclic) bond motifs is 1. The highest BCUT2D eigenvalue weighted by molar-refractivity contribution is 6.33. The van der Waals surface area contributed by atoms with E-state index in [9.17, 15) is 13.9 Å². The summed E-state index contributed by atoms with van der Waals surface area (Å²) in [5.41, 5.74) is 1.88. The third kappa shape index (κ3) is 2.20. The first-order chi connectivity index (χ1) is 9.56. The van der Waals surface area contributed by atoms with Crippen molar-refractivity contribution in [3.05, 3.63) is 58.1 Å². The van der Waals surface area contributed by atoms with E-state index in [1.54, 1.807) is 12.1 Å². The van der Waals surface area contributed by atoms with E-state index in [1.165, 1.54) is 0 Å². The number of anilines is 1. The summed E-state index contributed by atoms with van der Waals surface area (Å²) in [5, 5.41) is 12.8. The second kappa shape index (κ2) is 4.94. The fourth-order valence-corrected chi connectivity index (χ4v) is 2.89. The molecule has 0 amide bonds. The number of phenols is 1. The lowest BCUT2D eigenvalue weighted by Gasteiger charge is -2.17. The Kier molecular flexibility index (Phi) is 3.26. The predicted molar refractivity (Wildman–Crippen MR) is 74.2 cm³/mol. The van der Waals surface area contributed by atoms with Gasteiger partial charge in [0.15, 0.2) is 5.82 Å². The van der Waals surface area contributed by atoms with Crippen molar-refractivity contribution in [2.24, 2.45) is 0 Å². The van der Waals surface area contributed by atoms with E-state index in [4.69, 9.17) is 11.6 Å². The third-order valence-corrected chi connectivity index (χ3v) is 3.87. The van der Waals surface area contributed by atoms with Crippen LogP contribution >= 0.6 is 11.6 Å². The predicted octanol–water partition coefficient (Wildman–Crippen LogP) is 4.42. The molecule has 1 aliphatic carbocycles. The van der Waals surface area contributed by atoms with Gasteiger partial charge < -0.3 is 10.4 Å². The van der Waals surface area contributed by atoms with Gasteiger partial charge in [0.1, 0.15) is 11.6 Å². The van der Waals surface area contributed by atoms with Crippen LogP contribution in [0.3, 0.4) is 0 Å². The monoisotopic (exact) mass is 295 g/mol. The molecule has 1 aliphatic rings. The minimum Gasteiger partial charge on any atom is -0.508 e. The molecule has 0 bridgehead atoms. The van der Waals surface area contributed by atoms with Crippen molar-refractivity contribution < 1.29 is 13.9 Å². The Morgan fingerprint density at radius 3 is 2.80 bits per heavy atom. The van der Waals surface area contributed by atoms with Crippen LogP contribution in [0.25, 0.3) is 0 Å². The maximum absolute atomic E-state index is 13.8. The van der Waals surface area contributed by atoms with E-state index in [0.717, 1.165) is 29.7 Å². The zero-order chi connectivity index (χ0) is 14.3. The van der Waals surface area contributed by atoms with Crippen molar-refractivity contribution >= 4 is 17.3 Å². The van der Waals surface area contributed by atoms with Crippen molar-refractivity contribution in [2.75, 3.05) is 5.32 Å². The molecule has 3 rings (SSSR count). The van der Waals surface area contributed by atoms with Gasteiger partial charge in [0.05, 0.1) is 16.8 Å². The van der Waals surface area contributed by atoms with Crippen molar-refractivity contribution in [3.8, 4) is 5.75 Å². The Morgan fingerprint density at radius 2 is 2.05 bits per heavy atom. The van der Waals surface area contributed by atoms with Gasteiger partial charge in [-0.2, -0.15) is 0 Å². The smallest absolute Gasteiger partial charge is 0.150 e. The minimum atomic E-state index is -0.719. The van der Waals surface area contributed by atoms with E-state index < -0.39 is 11.6 Å². The molecule has 104 valence electrons. The first-order valence-corrected chi connectivity index (χ1v) is 6.66. The molecule has 0 heterocycles. The average molecular weight is 296 g/mol. The van der Waals surface area contributed by atoms with Gasteiger partial charge >= 0.3 is 0 Å². The lowest BCUT2D eigenvalue weighted by atomic mass is 10.1. The van der Waals surface area contributed by atoms with E-state index in [2.05, 4.69) is 5.32 Å². The molecule has 1 atom stereocenters. The van der Waals surface area contributed by atoms with Crippen LogP contribution in [-0.2, 0) is 6.42 Å². The number of phenolic OH excluding ortho intramolecular Hbond substituents is 1. The fourth-order valence-electron chi connectivity index (χ4n) is 2.64. The molecule has 0 fully saturated rings. The number of aromatic hydroxyl groups is 1. The third-order valence-electron chi connectivity index (χ3n) is 3.57. The number of benzene rings is 2. The number of hydrogen-bond donors (Lipinski definition) is 2. The van der Waals surface area contributed by atoms with Gasteiger partial charge in [-0.25, -0.2) is 8.78 Å². The highest BCUT2D eigenvalue weighted by atomic mass is 35.5. The molecule has 0 spiro atoms. The molecule has 0 saturated heterocycles. The van der Waals surface area contributed by atoms with Gasteiger partial charge in [-0.1, -0.05) is 23.7 Å². The van der Waals surface area contributed by atoms with Crippen LogP contribution in [-0.4, -0.2) is 5.11 Å². The van der Waals surface area contributed by atoms with Crippen molar-refractivity contribution in [1.82, 2.24) is 0 Å².